The summed E-state index contributed by atoms with van der Waals surface area (Å²) in [6, 6.07) is 78.5. The van der Waals surface area contributed by atoms with Crippen LogP contribution < -0.4 is 14.5 Å². The molecule has 3 nitrogen and oxygen atoms in total. The van der Waals surface area contributed by atoms with Crippen molar-refractivity contribution in [2.75, 3.05) is 9.80 Å². The second-order valence-corrected chi connectivity index (χ2v) is 16.3. The van der Waals surface area contributed by atoms with Crippen molar-refractivity contribution < 1.29 is 4.74 Å². The van der Waals surface area contributed by atoms with Gasteiger partial charge in [-0.05, 0) is 136 Å². The average molecular weight is 807 g/mol. The molecule has 2 aliphatic rings. The summed E-state index contributed by atoms with van der Waals surface area (Å²) in [5, 5.41) is 4.64. The molecule has 0 spiro atoms. The first-order valence-electron chi connectivity index (χ1n) is 21.8. The number of hydrogen-bond acceptors (Lipinski definition) is 3. The maximum atomic E-state index is 7.25. The van der Waals surface area contributed by atoms with E-state index in [4.69, 9.17) is 4.74 Å². The molecule has 10 aromatic rings. The van der Waals surface area contributed by atoms with Crippen LogP contribution in [-0.4, -0.2) is 0 Å². The normalized spacial score (nSPS) is 12.4. The van der Waals surface area contributed by atoms with Crippen LogP contribution in [0.2, 0.25) is 0 Å². The summed E-state index contributed by atoms with van der Waals surface area (Å²) in [7, 11) is 0. The van der Waals surface area contributed by atoms with E-state index in [1.54, 1.807) is 0 Å². The van der Waals surface area contributed by atoms with Crippen molar-refractivity contribution in [2.45, 2.75) is 12.8 Å². The molecule has 0 fully saturated rings. The van der Waals surface area contributed by atoms with Crippen molar-refractivity contribution in [3.05, 3.63) is 236 Å². The molecule has 0 aromatic heterocycles. The fourth-order valence-electron chi connectivity index (χ4n) is 9.87. The van der Waals surface area contributed by atoms with Crippen molar-refractivity contribution in [1.29, 1.82) is 0 Å². The summed E-state index contributed by atoms with van der Waals surface area (Å²) < 4.78 is 7.25. The standard InChI is InChI=1S/C60H42N2O/c1-5-19-43(20-6-1)61(44-21-7-2-8-22-44)56-38-36-47(48-27-13-15-29-51(48)56)42-33-34-53-54-31-17-18-41-32-35-55(60(59(41)54)63-58(53)40-42)50-37-39-57(52-30-16-14-28-49(50)52)62(45-23-9-3-10-24-45)46-25-11-4-12-26-46/h1-14,16-28,30-40H,15,29H2. The molecule has 0 radical (unpaired) electrons. The summed E-state index contributed by atoms with van der Waals surface area (Å²) >= 11 is 0. The first-order chi connectivity index (χ1) is 31.3. The summed E-state index contributed by atoms with van der Waals surface area (Å²) in [5.41, 5.74) is 16.3. The number of nitrogens with zero attached hydrogens (tertiary/aromatic N) is 2. The highest BCUT2D eigenvalue weighted by Crippen LogP contribution is 2.53. The molecular formula is C60H42N2O. The Bertz CT molecular complexity index is 3280. The largest absolute Gasteiger partial charge is 0.455 e. The van der Waals surface area contributed by atoms with Crippen LogP contribution in [0.25, 0.3) is 61.0 Å². The third-order valence-corrected chi connectivity index (χ3v) is 12.7. The van der Waals surface area contributed by atoms with Gasteiger partial charge in [0.15, 0.2) is 0 Å². The molecule has 3 heteroatoms. The summed E-state index contributed by atoms with van der Waals surface area (Å²) in [4.78, 5) is 4.75. The molecule has 10 aromatic carbocycles. The van der Waals surface area contributed by atoms with Gasteiger partial charge in [0.2, 0.25) is 0 Å². The van der Waals surface area contributed by atoms with Crippen molar-refractivity contribution in [2.24, 2.45) is 0 Å². The number of para-hydroxylation sites is 4. The van der Waals surface area contributed by atoms with Gasteiger partial charge in [0.05, 0.1) is 5.69 Å². The van der Waals surface area contributed by atoms with Crippen LogP contribution in [-0.2, 0) is 6.42 Å². The lowest BCUT2D eigenvalue weighted by Gasteiger charge is -2.30. The average Bonchev–Trinajstić information content (AvgIpc) is 3.36. The highest BCUT2D eigenvalue weighted by Gasteiger charge is 2.27. The van der Waals surface area contributed by atoms with Crippen LogP contribution in [0, 0.1) is 0 Å². The zero-order chi connectivity index (χ0) is 41.7. The van der Waals surface area contributed by atoms with E-state index < -0.39 is 0 Å². The fourth-order valence-corrected chi connectivity index (χ4v) is 9.87. The topological polar surface area (TPSA) is 15.7 Å². The summed E-state index contributed by atoms with van der Waals surface area (Å²) in [6.07, 6.45) is 6.61. The minimum atomic E-state index is 0.869. The first-order valence-corrected chi connectivity index (χ1v) is 21.8. The van der Waals surface area contributed by atoms with E-state index in [9.17, 15) is 0 Å². The van der Waals surface area contributed by atoms with Gasteiger partial charge < -0.3 is 14.5 Å². The lowest BCUT2D eigenvalue weighted by atomic mass is 9.86. The van der Waals surface area contributed by atoms with Crippen LogP contribution in [0.15, 0.2) is 224 Å². The van der Waals surface area contributed by atoms with Crippen LogP contribution in [0.1, 0.15) is 17.5 Å². The molecular weight excluding hydrogens is 765 g/mol. The van der Waals surface area contributed by atoms with Crippen LogP contribution in [0.3, 0.4) is 0 Å². The van der Waals surface area contributed by atoms with Gasteiger partial charge in [-0.2, -0.15) is 0 Å². The van der Waals surface area contributed by atoms with Gasteiger partial charge >= 0.3 is 0 Å². The van der Waals surface area contributed by atoms with Gasteiger partial charge in [-0.1, -0.05) is 152 Å². The lowest BCUT2D eigenvalue weighted by molar-refractivity contribution is 0.489. The Morgan fingerprint density at radius 2 is 0.952 bits per heavy atom. The third kappa shape index (κ3) is 6.28. The van der Waals surface area contributed by atoms with Gasteiger partial charge in [0, 0.05) is 50.3 Å². The van der Waals surface area contributed by atoms with E-state index in [1.807, 2.05) is 0 Å². The second kappa shape index (κ2) is 15.4. The molecule has 0 atom stereocenters. The minimum absolute atomic E-state index is 0.869. The van der Waals surface area contributed by atoms with E-state index in [1.165, 1.54) is 38.7 Å². The van der Waals surface area contributed by atoms with Gasteiger partial charge in [-0.15, -0.1) is 0 Å². The Morgan fingerprint density at radius 3 is 1.62 bits per heavy atom. The zero-order valence-electron chi connectivity index (χ0n) is 34.7. The van der Waals surface area contributed by atoms with E-state index in [2.05, 4.69) is 240 Å². The summed E-state index contributed by atoms with van der Waals surface area (Å²) in [5.74, 6) is 1.76. The number of anilines is 6. The highest BCUT2D eigenvalue weighted by atomic mass is 16.5. The zero-order valence-corrected chi connectivity index (χ0v) is 34.7. The lowest BCUT2D eigenvalue weighted by Crippen LogP contribution is -2.14. The molecule has 0 N–H and O–H groups in total. The molecule has 1 heterocycles. The molecule has 1 aliphatic heterocycles. The Hall–Kier alpha value is -8.14. The van der Waals surface area contributed by atoms with Crippen LogP contribution in [0.4, 0.5) is 34.1 Å². The number of fused-ring (bicyclic) bond motifs is 4. The third-order valence-electron chi connectivity index (χ3n) is 12.7. The predicted molar refractivity (Wildman–Crippen MR) is 265 cm³/mol. The highest BCUT2D eigenvalue weighted by molar-refractivity contribution is 6.12. The quantitative estimate of drug-likeness (QED) is 0.152. The molecule has 63 heavy (non-hydrogen) atoms. The van der Waals surface area contributed by atoms with E-state index in [0.717, 1.165) is 85.8 Å². The molecule has 0 saturated carbocycles. The first kappa shape index (κ1) is 36.7. The van der Waals surface area contributed by atoms with Crippen molar-refractivity contribution >= 4 is 61.7 Å². The van der Waals surface area contributed by atoms with Crippen LogP contribution >= 0.6 is 0 Å². The van der Waals surface area contributed by atoms with E-state index in [-0.39, 0.29) is 0 Å². The minimum Gasteiger partial charge on any atom is -0.455 e. The summed E-state index contributed by atoms with van der Waals surface area (Å²) in [6.45, 7) is 0. The predicted octanol–water partition coefficient (Wildman–Crippen LogP) is 17.0. The van der Waals surface area contributed by atoms with Gasteiger partial charge in [0.25, 0.3) is 0 Å². The number of rotatable bonds is 8. The van der Waals surface area contributed by atoms with E-state index in [0.29, 0.717) is 0 Å². The van der Waals surface area contributed by atoms with Gasteiger partial charge in [0.1, 0.15) is 11.5 Å². The molecule has 12 rings (SSSR count). The maximum absolute atomic E-state index is 7.25. The Labute approximate surface area is 368 Å². The van der Waals surface area contributed by atoms with Crippen molar-refractivity contribution in [3.8, 4) is 44.9 Å². The van der Waals surface area contributed by atoms with Crippen molar-refractivity contribution in [1.82, 2.24) is 0 Å². The number of ether oxygens (including phenoxy) is 1. The molecule has 298 valence electrons. The number of allylic oxidation sites excluding steroid dienone is 1. The molecule has 0 amide bonds. The van der Waals surface area contributed by atoms with Gasteiger partial charge in [-0.25, -0.2) is 0 Å². The molecule has 1 aliphatic carbocycles. The number of hydrogen-bond donors (Lipinski definition) is 0. The number of benzene rings is 10. The monoisotopic (exact) mass is 806 g/mol. The van der Waals surface area contributed by atoms with Gasteiger partial charge in [-0.3, -0.25) is 0 Å². The SMILES string of the molecule is C1=Cc2c(-c3ccc4c(c3)Oc3c(-c5ccc(N(c6ccccc6)c6ccccc6)c6ccccc56)ccc5cccc-4c35)ccc(N(c3ccccc3)c3ccccc3)c2CC1. The molecule has 0 saturated heterocycles. The van der Waals surface area contributed by atoms with Crippen LogP contribution in [0.5, 0.6) is 11.5 Å². The smallest absolute Gasteiger partial charge is 0.143 e. The second-order valence-electron chi connectivity index (χ2n) is 16.3. The van der Waals surface area contributed by atoms with E-state index >= 15 is 0 Å². The fraction of sp³-hybridized carbons (Fsp3) is 0.0333. The Morgan fingerprint density at radius 1 is 0.397 bits per heavy atom. The Kier molecular flexibility index (Phi) is 8.97. The van der Waals surface area contributed by atoms with Crippen molar-refractivity contribution in [3.63, 3.8) is 0 Å². The molecule has 0 bridgehead atoms. The maximum Gasteiger partial charge on any atom is 0.143 e. The molecule has 0 unspecified atom stereocenters. The Balaban J connectivity index is 0.988.